The SMILES string of the molecule is CC(NC(=O)CSc1nnc(N)s1)C1CC2CCC1C2. The third-order valence-corrected chi connectivity index (χ3v) is 6.46. The molecule has 0 aliphatic heterocycles. The lowest BCUT2D eigenvalue weighted by Crippen LogP contribution is -2.40. The van der Waals surface area contributed by atoms with E-state index in [0.29, 0.717) is 16.8 Å². The van der Waals surface area contributed by atoms with Crippen LogP contribution < -0.4 is 11.1 Å². The zero-order chi connectivity index (χ0) is 14.1. The Kier molecular flexibility index (Phi) is 4.16. The number of amides is 1. The number of nitrogen functional groups attached to an aromatic ring is 1. The molecule has 0 saturated heterocycles. The van der Waals surface area contributed by atoms with E-state index >= 15 is 0 Å². The van der Waals surface area contributed by atoms with Gasteiger partial charge in [0.1, 0.15) is 0 Å². The minimum atomic E-state index is 0.0824. The first-order valence-electron chi connectivity index (χ1n) is 7.13. The lowest BCUT2D eigenvalue weighted by molar-refractivity contribution is -0.119. The molecule has 3 rings (SSSR count). The number of rotatable bonds is 5. The molecule has 2 fully saturated rings. The van der Waals surface area contributed by atoms with Crippen molar-refractivity contribution in [3.05, 3.63) is 0 Å². The molecular formula is C13H20N4OS2. The number of nitrogens with two attached hydrogens (primary N) is 1. The Morgan fingerprint density at radius 3 is 2.95 bits per heavy atom. The van der Waals surface area contributed by atoms with Gasteiger partial charge in [-0.1, -0.05) is 29.5 Å². The number of hydrogen-bond donors (Lipinski definition) is 2. The summed E-state index contributed by atoms with van der Waals surface area (Å²) in [6.07, 6.45) is 5.43. The highest BCUT2D eigenvalue weighted by atomic mass is 32.2. The molecule has 110 valence electrons. The van der Waals surface area contributed by atoms with Crippen LogP contribution in [0.1, 0.15) is 32.6 Å². The monoisotopic (exact) mass is 312 g/mol. The average Bonchev–Trinajstić information content (AvgIpc) is 3.12. The Bertz CT molecular complexity index is 492. The number of thioether (sulfide) groups is 1. The predicted molar refractivity (Wildman–Crippen MR) is 81.6 cm³/mol. The first kappa shape index (κ1) is 14.1. The molecule has 5 nitrogen and oxygen atoms in total. The number of carbonyl (C=O) groups is 1. The molecule has 1 heterocycles. The van der Waals surface area contributed by atoms with Gasteiger partial charge in [-0.05, 0) is 43.9 Å². The highest BCUT2D eigenvalue weighted by Crippen LogP contribution is 2.49. The van der Waals surface area contributed by atoms with Crippen molar-refractivity contribution in [2.24, 2.45) is 17.8 Å². The summed E-state index contributed by atoms with van der Waals surface area (Å²) in [6, 6.07) is 0.290. The maximum atomic E-state index is 12.0. The van der Waals surface area contributed by atoms with E-state index < -0.39 is 0 Å². The fourth-order valence-corrected chi connectivity index (χ4v) is 5.16. The molecule has 4 unspecified atom stereocenters. The van der Waals surface area contributed by atoms with Crippen molar-refractivity contribution in [2.75, 3.05) is 11.5 Å². The van der Waals surface area contributed by atoms with E-state index in [1.165, 1.54) is 48.8 Å². The molecule has 1 aromatic rings. The Hall–Kier alpha value is -0.820. The maximum Gasteiger partial charge on any atom is 0.230 e. The minimum absolute atomic E-state index is 0.0824. The highest BCUT2D eigenvalue weighted by Gasteiger charge is 2.42. The highest BCUT2D eigenvalue weighted by molar-refractivity contribution is 8.01. The van der Waals surface area contributed by atoms with Crippen molar-refractivity contribution in [1.29, 1.82) is 0 Å². The van der Waals surface area contributed by atoms with Crippen molar-refractivity contribution < 1.29 is 4.79 Å². The molecule has 1 aromatic heterocycles. The summed E-state index contributed by atoms with van der Waals surface area (Å²) in [5, 5.41) is 11.2. The maximum absolute atomic E-state index is 12.0. The second kappa shape index (κ2) is 5.89. The van der Waals surface area contributed by atoms with Crippen LogP contribution >= 0.6 is 23.1 Å². The van der Waals surface area contributed by atoms with Crippen molar-refractivity contribution in [3.63, 3.8) is 0 Å². The molecule has 0 aromatic carbocycles. The number of hydrogen-bond acceptors (Lipinski definition) is 6. The van der Waals surface area contributed by atoms with Crippen molar-refractivity contribution in [3.8, 4) is 0 Å². The fraction of sp³-hybridized carbons (Fsp3) is 0.769. The summed E-state index contributed by atoms with van der Waals surface area (Å²) in [5.74, 6) is 2.91. The molecule has 2 aliphatic rings. The predicted octanol–water partition coefficient (Wildman–Crippen LogP) is 2.15. The minimum Gasteiger partial charge on any atom is -0.374 e. The summed E-state index contributed by atoms with van der Waals surface area (Å²) >= 11 is 2.72. The van der Waals surface area contributed by atoms with Gasteiger partial charge in [0.05, 0.1) is 5.75 Å². The quantitative estimate of drug-likeness (QED) is 0.814. The number of nitrogens with zero attached hydrogens (tertiary/aromatic N) is 2. The van der Waals surface area contributed by atoms with Crippen molar-refractivity contribution >= 4 is 34.1 Å². The molecule has 3 N–H and O–H groups in total. The molecule has 7 heteroatoms. The molecule has 2 saturated carbocycles. The lowest BCUT2D eigenvalue weighted by atomic mass is 9.84. The van der Waals surface area contributed by atoms with E-state index in [1.54, 1.807) is 0 Å². The molecular weight excluding hydrogens is 292 g/mol. The van der Waals surface area contributed by atoms with Crippen LogP contribution in [0.4, 0.5) is 5.13 Å². The van der Waals surface area contributed by atoms with Crippen LogP contribution in [0.25, 0.3) is 0 Å². The van der Waals surface area contributed by atoms with Gasteiger partial charge < -0.3 is 11.1 Å². The standard InChI is InChI=1S/C13H20N4OS2/c1-7(10-5-8-2-3-9(10)4-8)15-11(18)6-19-13-17-16-12(14)20-13/h7-10H,2-6H2,1H3,(H2,14,16)(H,15,18). The summed E-state index contributed by atoms with van der Waals surface area (Å²) < 4.78 is 0.755. The third-order valence-electron chi connectivity index (χ3n) is 4.57. The van der Waals surface area contributed by atoms with E-state index in [9.17, 15) is 4.79 Å². The molecule has 1 amide bonds. The van der Waals surface area contributed by atoms with Gasteiger partial charge in [-0.3, -0.25) is 4.79 Å². The van der Waals surface area contributed by atoms with Crippen LogP contribution in [-0.4, -0.2) is 27.9 Å². The Labute approximate surface area is 127 Å². The van der Waals surface area contributed by atoms with Crippen LogP contribution in [0.3, 0.4) is 0 Å². The number of fused-ring (bicyclic) bond motifs is 2. The first-order chi connectivity index (χ1) is 9.61. The van der Waals surface area contributed by atoms with Gasteiger partial charge in [0.15, 0.2) is 4.34 Å². The normalized spacial score (nSPS) is 29.6. The fourth-order valence-electron chi connectivity index (χ4n) is 3.71. The third kappa shape index (κ3) is 3.09. The smallest absolute Gasteiger partial charge is 0.230 e. The van der Waals surface area contributed by atoms with Gasteiger partial charge in [0.25, 0.3) is 0 Å². The van der Waals surface area contributed by atoms with Gasteiger partial charge in [-0.15, -0.1) is 10.2 Å². The van der Waals surface area contributed by atoms with Crippen molar-refractivity contribution in [1.82, 2.24) is 15.5 Å². The second-order valence-electron chi connectivity index (χ2n) is 5.89. The summed E-state index contributed by atoms with van der Waals surface area (Å²) in [6.45, 7) is 2.15. The second-order valence-corrected chi connectivity index (χ2v) is 8.12. The Morgan fingerprint density at radius 1 is 1.50 bits per heavy atom. The van der Waals surface area contributed by atoms with Gasteiger partial charge >= 0.3 is 0 Å². The average molecular weight is 312 g/mol. The van der Waals surface area contributed by atoms with E-state index in [2.05, 4.69) is 22.4 Å². The molecule has 2 bridgehead atoms. The van der Waals surface area contributed by atoms with E-state index in [1.807, 2.05) is 0 Å². The van der Waals surface area contributed by atoms with Crippen LogP contribution in [0.5, 0.6) is 0 Å². The number of aromatic nitrogens is 2. The number of anilines is 1. The van der Waals surface area contributed by atoms with E-state index in [-0.39, 0.29) is 11.9 Å². The molecule has 2 aliphatic carbocycles. The number of nitrogens with one attached hydrogen (secondary N) is 1. The molecule has 20 heavy (non-hydrogen) atoms. The molecule has 0 radical (unpaired) electrons. The summed E-state index contributed by atoms with van der Waals surface area (Å²) in [7, 11) is 0. The Morgan fingerprint density at radius 2 is 2.35 bits per heavy atom. The number of carbonyl (C=O) groups excluding carboxylic acids is 1. The summed E-state index contributed by atoms with van der Waals surface area (Å²) in [4.78, 5) is 12.0. The van der Waals surface area contributed by atoms with Gasteiger partial charge in [-0.2, -0.15) is 0 Å². The van der Waals surface area contributed by atoms with E-state index in [4.69, 9.17) is 5.73 Å². The molecule has 4 atom stereocenters. The summed E-state index contributed by atoms with van der Waals surface area (Å²) in [5.41, 5.74) is 5.51. The first-order valence-corrected chi connectivity index (χ1v) is 8.93. The van der Waals surface area contributed by atoms with Gasteiger partial charge in [0.2, 0.25) is 11.0 Å². The lowest BCUT2D eigenvalue weighted by Gasteiger charge is -2.28. The molecule has 0 spiro atoms. The van der Waals surface area contributed by atoms with Crippen molar-refractivity contribution in [2.45, 2.75) is 43.0 Å². The zero-order valence-electron chi connectivity index (χ0n) is 11.5. The van der Waals surface area contributed by atoms with Crippen LogP contribution in [0, 0.1) is 17.8 Å². The Balaban J connectivity index is 1.44. The van der Waals surface area contributed by atoms with Crippen LogP contribution in [0.15, 0.2) is 4.34 Å². The van der Waals surface area contributed by atoms with E-state index in [0.717, 1.165) is 16.2 Å². The van der Waals surface area contributed by atoms with Gasteiger partial charge in [0, 0.05) is 6.04 Å². The van der Waals surface area contributed by atoms with Crippen LogP contribution in [0.2, 0.25) is 0 Å². The zero-order valence-corrected chi connectivity index (χ0v) is 13.2. The largest absolute Gasteiger partial charge is 0.374 e. The van der Waals surface area contributed by atoms with Crippen LogP contribution in [-0.2, 0) is 4.79 Å². The van der Waals surface area contributed by atoms with Gasteiger partial charge in [-0.25, -0.2) is 0 Å². The topological polar surface area (TPSA) is 80.9 Å².